The van der Waals surface area contributed by atoms with E-state index in [1.807, 2.05) is 21.0 Å². The minimum absolute atomic E-state index is 0.0972. The number of rotatable bonds is 3. The minimum Gasteiger partial charge on any atom is -0.328 e. The third-order valence-electron chi connectivity index (χ3n) is 1.51. The lowest BCUT2D eigenvalue weighted by atomic mass is 10.2. The topological polar surface area (TPSA) is 50.1 Å². The molecule has 0 aliphatic heterocycles. The van der Waals surface area contributed by atoms with E-state index < -0.39 is 0 Å². The van der Waals surface area contributed by atoms with Gasteiger partial charge in [-0.3, -0.25) is 0 Å². The second kappa shape index (κ2) is 3.02. The first-order chi connectivity index (χ1) is 3.68. The van der Waals surface area contributed by atoms with Crippen LogP contribution < -0.4 is 16.4 Å². The zero-order valence-electron chi connectivity index (χ0n) is 5.78. The molecule has 0 amide bonds. The average molecular weight is 117 g/mol. The Balaban J connectivity index is 3.58. The standard InChI is InChI=1S/C5H15N3/c1-5(4-6,7-2)8-3/h7-8H,4,6H2,1-3H3. The lowest BCUT2D eigenvalue weighted by Gasteiger charge is -2.26. The lowest BCUT2D eigenvalue weighted by molar-refractivity contribution is 0.338. The van der Waals surface area contributed by atoms with Crippen molar-refractivity contribution < 1.29 is 0 Å². The van der Waals surface area contributed by atoms with E-state index in [2.05, 4.69) is 10.6 Å². The first-order valence-electron chi connectivity index (χ1n) is 2.76. The van der Waals surface area contributed by atoms with E-state index in [1.54, 1.807) is 0 Å². The van der Waals surface area contributed by atoms with Gasteiger partial charge in [0.25, 0.3) is 0 Å². The molecular weight excluding hydrogens is 102 g/mol. The van der Waals surface area contributed by atoms with Crippen molar-refractivity contribution in [2.45, 2.75) is 12.6 Å². The van der Waals surface area contributed by atoms with Gasteiger partial charge in [-0.05, 0) is 21.0 Å². The molecule has 0 saturated carbocycles. The number of nitrogens with one attached hydrogen (secondary N) is 2. The summed E-state index contributed by atoms with van der Waals surface area (Å²) < 4.78 is 0. The summed E-state index contributed by atoms with van der Waals surface area (Å²) in [5.74, 6) is 0. The first-order valence-corrected chi connectivity index (χ1v) is 2.76. The number of hydrogen-bond acceptors (Lipinski definition) is 3. The van der Waals surface area contributed by atoms with Gasteiger partial charge in [-0.25, -0.2) is 0 Å². The predicted molar refractivity (Wildman–Crippen MR) is 35.6 cm³/mol. The highest BCUT2D eigenvalue weighted by molar-refractivity contribution is 4.76. The van der Waals surface area contributed by atoms with E-state index >= 15 is 0 Å². The molecular formula is C5H15N3. The molecule has 3 heteroatoms. The van der Waals surface area contributed by atoms with E-state index in [1.165, 1.54) is 0 Å². The largest absolute Gasteiger partial charge is 0.328 e. The Morgan fingerprint density at radius 2 is 1.75 bits per heavy atom. The molecule has 3 nitrogen and oxygen atoms in total. The lowest BCUT2D eigenvalue weighted by Crippen LogP contribution is -2.56. The molecule has 0 heterocycles. The summed E-state index contributed by atoms with van der Waals surface area (Å²) >= 11 is 0. The maximum atomic E-state index is 5.40. The van der Waals surface area contributed by atoms with Crippen LogP contribution in [0.15, 0.2) is 0 Å². The molecule has 50 valence electrons. The summed E-state index contributed by atoms with van der Waals surface area (Å²) in [6.45, 7) is 2.60. The normalized spacial score (nSPS) is 12.0. The van der Waals surface area contributed by atoms with Gasteiger partial charge in [-0.2, -0.15) is 0 Å². The van der Waals surface area contributed by atoms with Crippen LogP contribution in [0.2, 0.25) is 0 Å². The van der Waals surface area contributed by atoms with Crippen molar-refractivity contribution in [2.75, 3.05) is 20.6 Å². The van der Waals surface area contributed by atoms with E-state index in [4.69, 9.17) is 5.73 Å². The van der Waals surface area contributed by atoms with Crippen LogP contribution in [-0.4, -0.2) is 26.3 Å². The van der Waals surface area contributed by atoms with E-state index in [0.717, 1.165) is 0 Å². The molecule has 0 aromatic heterocycles. The van der Waals surface area contributed by atoms with Crippen molar-refractivity contribution in [3.05, 3.63) is 0 Å². The molecule has 0 rings (SSSR count). The summed E-state index contributed by atoms with van der Waals surface area (Å²) in [5.41, 5.74) is 5.31. The molecule has 0 radical (unpaired) electrons. The summed E-state index contributed by atoms with van der Waals surface area (Å²) in [4.78, 5) is 0. The Morgan fingerprint density at radius 1 is 1.38 bits per heavy atom. The van der Waals surface area contributed by atoms with Crippen molar-refractivity contribution in [3.63, 3.8) is 0 Å². The van der Waals surface area contributed by atoms with Crippen molar-refractivity contribution in [1.29, 1.82) is 0 Å². The fourth-order valence-corrected chi connectivity index (χ4v) is 0.329. The van der Waals surface area contributed by atoms with Crippen LogP contribution in [-0.2, 0) is 0 Å². The van der Waals surface area contributed by atoms with Gasteiger partial charge in [0.15, 0.2) is 0 Å². The molecule has 0 aromatic rings. The zero-order valence-corrected chi connectivity index (χ0v) is 5.78. The highest BCUT2D eigenvalue weighted by Gasteiger charge is 2.14. The molecule has 0 spiro atoms. The summed E-state index contributed by atoms with van der Waals surface area (Å²) in [7, 11) is 3.76. The fraction of sp³-hybridized carbons (Fsp3) is 1.00. The summed E-state index contributed by atoms with van der Waals surface area (Å²) in [5, 5.41) is 6.08. The SMILES string of the molecule is CNC(C)(CN)NC. The minimum atomic E-state index is -0.0972. The Bertz CT molecular complexity index is 50.4. The number of likely N-dealkylation sites (N-methyl/N-ethyl adjacent to an activating group) is 2. The molecule has 0 aliphatic rings. The monoisotopic (exact) mass is 117 g/mol. The Kier molecular flexibility index (Phi) is 2.97. The zero-order chi connectivity index (χ0) is 6.62. The molecule has 0 fully saturated rings. The van der Waals surface area contributed by atoms with Crippen molar-refractivity contribution >= 4 is 0 Å². The van der Waals surface area contributed by atoms with Gasteiger partial charge in [0, 0.05) is 6.54 Å². The molecule has 0 aliphatic carbocycles. The van der Waals surface area contributed by atoms with E-state index in [9.17, 15) is 0 Å². The van der Waals surface area contributed by atoms with Crippen LogP contribution in [0.5, 0.6) is 0 Å². The third-order valence-corrected chi connectivity index (χ3v) is 1.51. The van der Waals surface area contributed by atoms with Gasteiger partial charge in [0.2, 0.25) is 0 Å². The van der Waals surface area contributed by atoms with Crippen LogP contribution in [0.4, 0.5) is 0 Å². The number of hydrogen-bond donors (Lipinski definition) is 3. The van der Waals surface area contributed by atoms with Crippen LogP contribution in [0.25, 0.3) is 0 Å². The van der Waals surface area contributed by atoms with Crippen LogP contribution in [0, 0.1) is 0 Å². The maximum Gasteiger partial charge on any atom is 0.0779 e. The van der Waals surface area contributed by atoms with Gasteiger partial charge in [0.05, 0.1) is 5.66 Å². The second-order valence-electron chi connectivity index (χ2n) is 2.04. The molecule has 8 heavy (non-hydrogen) atoms. The van der Waals surface area contributed by atoms with E-state index in [0.29, 0.717) is 6.54 Å². The van der Waals surface area contributed by atoms with Gasteiger partial charge in [-0.1, -0.05) is 0 Å². The van der Waals surface area contributed by atoms with Crippen LogP contribution in [0.1, 0.15) is 6.92 Å². The molecule has 0 atom stereocenters. The molecule has 0 saturated heterocycles. The summed E-state index contributed by atoms with van der Waals surface area (Å²) in [6.07, 6.45) is 0. The average Bonchev–Trinajstić information content (AvgIpc) is 1.87. The fourth-order valence-electron chi connectivity index (χ4n) is 0.329. The molecule has 0 aromatic carbocycles. The first kappa shape index (κ1) is 7.88. The van der Waals surface area contributed by atoms with E-state index in [-0.39, 0.29) is 5.66 Å². The van der Waals surface area contributed by atoms with Gasteiger partial charge < -0.3 is 16.4 Å². The Hall–Kier alpha value is -0.120. The Labute approximate surface area is 50.6 Å². The highest BCUT2D eigenvalue weighted by atomic mass is 15.2. The van der Waals surface area contributed by atoms with Crippen molar-refractivity contribution in [1.82, 2.24) is 10.6 Å². The maximum absolute atomic E-state index is 5.40. The van der Waals surface area contributed by atoms with Crippen LogP contribution >= 0.6 is 0 Å². The van der Waals surface area contributed by atoms with Crippen molar-refractivity contribution in [3.8, 4) is 0 Å². The second-order valence-corrected chi connectivity index (χ2v) is 2.04. The van der Waals surface area contributed by atoms with Gasteiger partial charge in [0.1, 0.15) is 0 Å². The number of nitrogens with two attached hydrogens (primary N) is 1. The Morgan fingerprint density at radius 3 is 1.75 bits per heavy atom. The quantitative estimate of drug-likeness (QED) is 0.420. The third kappa shape index (κ3) is 1.78. The van der Waals surface area contributed by atoms with Crippen LogP contribution in [0.3, 0.4) is 0 Å². The smallest absolute Gasteiger partial charge is 0.0779 e. The van der Waals surface area contributed by atoms with Gasteiger partial charge >= 0.3 is 0 Å². The van der Waals surface area contributed by atoms with Crippen molar-refractivity contribution in [2.24, 2.45) is 5.73 Å². The molecule has 0 bridgehead atoms. The summed E-state index contributed by atoms with van der Waals surface area (Å²) in [6, 6.07) is 0. The molecule has 4 N–H and O–H groups in total. The highest BCUT2D eigenvalue weighted by Crippen LogP contribution is 1.89. The predicted octanol–water partition coefficient (Wildman–Crippen LogP) is -0.900. The molecule has 0 unspecified atom stereocenters. The van der Waals surface area contributed by atoms with Gasteiger partial charge in [-0.15, -0.1) is 0 Å².